The molecule has 1 unspecified atom stereocenters. The third-order valence-corrected chi connectivity index (χ3v) is 5.11. The van der Waals surface area contributed by atoms with Gasteiger partial charge in [-0.15, -0.1) is 11.8 Å². The minimum atomic E-state index is -0.842. The zero-order valence-corrected chi connectivity index (χ0v) is 19.6. The number of benzene rings is 2. The number of thioether (sulfide) groups is 1. The molecule has 0 bridgehead atoms. The Labute approximate surface area is 187 Å². The molecular weight excluding hydrogens is 415 g/mol. The molecule has 0 aliphatic carbocycles. The van der Waals surface area contributed by atoms with Gasteiger partial charge in [-0.3, -0.25) is 4.79 Å². The van der Waals surface area contributed by atoms with Crippen LogP contribution in [0.5, 0.6) is 5.75 Å². The molecule has 6 heteroatoms. The summed E-state index contributed by atoms with van der Waals surface area (Å²) >= 11 is 1.55. The molecule has 2 aromatic carbocycles. The Morgan fingerprint density at radius 2 is 1.77 bits per heavy atom. The molecule has 0 amide bonds. The lowest BCUT2D eigenvalue weighted by Gasteiger charge is -2.24. The number of carbonyl (C=O) groups is 2. The van der Waals surface area contributed by atoms with Crippen LogP contribution in [0.25, 0.3) is 6.08 Å². The summed E-state index contributed by atoms with van der Waals surface area (Å²) in [6.45, 7) is 9.05. The maximum atomic E-state index is 14.5. The summed E-state index contributed by atoms with van der Waals surface area (Å²) in [6, 6.07) is 11.8. The molecule has 0 N–H and O–H groups in total. The highest BCUT2D eigenvalue weighted by Gasteiger charge is 2.25. The van der Waals surface area contributed by atoms with Crippen LogP contribution < -0.4 is 4.74 Å². The van der Waals surface area contributed by atoms with Gasteiger partial charge in [0, 0.05) is 10.5 Å². The van der Waals surface area contributed by atoms with E-state index in [0.717, 1.165) is 10.5 Å². The van der Waals surface area contributed by atoms with E-state index < -0.39 is 29.3 Å². The van der Waals surface area contributed by atoms with Crippen LogP contribution in [0.4, 0.5) is 4.39 Å². The summed E-state index contributed by atoms with van der Waals surface area (Å²) in [5, 5.41) is 0. The third kappa shape index (κ3) is 7.24. The minimum absolute atomic E-state index is 0.298. The van der Waals surface area contributed by atoms with E-state index in [0.29, 0.717) is 23.3 Å². The number of ketones is 1. The predicted octanol–water partition coefficient (Wildman–Crippen LogP) is 6.41. The van der Waals surface area contributed by atoms with Gasteiger partial charge in [-0.05, 0) is 94.0 Å². The molecule has 0 fully saturated rings. The number of hydrogen-bond acceptors (Lipinski definition) is 5. The third-order valence-electron chi connectivity index (χ3n) is 4.37. The summed E-state index contributed by atoms with van der Waals surface area (Å²) < 4.78 is 25.8. The van der Waals surface area contributed by atoms with Crippen LogP contribution in [-0.4, -0.2) is 29.7 Å². The Morgan fingerprint density at radius 3 is 2.29 bits per heavy atom. The molecule has 0 heterocycles. The van der Waals surface area contributed by atoms with E-state index in [1.807, 2.05) is 13.2 Å². The van der Waals surface area contributed by atoms with Gasteiger partial charge in [0.1, 0.15) is 11.4 Å². The van der Waals surface area contributed by atoms with Crippen LogP contribution in [0.1, 0.15) is 55.6 Å². The summed E-state index contributed by atoms with van der Waals surface area (Å²) in [6.07, 6.45) is 2.85. The zero-order valence-electron chi connectivity index (χ0n) is 18.8. The highest BCUT2D eigenvalue weighted by molar-refractivity contribution is 7.98. The number of ether oxygens (including phenoxy) is 2. The fourth-order valence-electron chi connectivity index (χ4n) is 2.81. The topological polar surface area (TPSA) is 52.6 Å². The first-order valence-corrected chi connectivity index (χ1v) is 11.3. The van der Waals surface area contributed by atoms with Crippen LogP contribution >= 0.6 is 11.8 Å². The van der Waals surface area contributed by atoms with E-state index in [9.17, 15) is 14.0 Å². The molecule has 0 aromatic heterocycles. The molecule has 2 aromatic rings. The maximum Gasteiger partial charge on any atom is 0.347 e. The van der Waals surface area contributed by atoms with E-state index in [4.69, 9.17) is 9.47 Å². The Hall–Kier alpha value is -2.60. The molecule has 0 spiro atoms. The predicted molar refractivity (Wildman–Crippen MR) is 123 cm³/mol. The maximum absolute atomic E-state index is 14.5. The van der Waals surface area contributed by atoms with Crippen LogP contribution in [0.2, 0.25) is 0 Å². The second-order valence-corrected chi connectivity index (χ2v) is 9.00. The van der Waals surface area contributed by atoms with Crippen molar-refractivity contribution in [3.8, 4) is 5.75 Å². The number of rotatable bonds is 8. The first kappa shape index (κ1) is 24.7. The van der Waals surface area contributed by atoms with Gasteiger partial charge >= 0.3 is 5.97 Å². The van der Waals surface area contributed by atoms with Crippen molar-refractivity contribution in [3.05, 3.63) is 65.0 Å². The van der Waals surface area contributed by atoms with E-state index in [2.05, 4.69) is 0 Å². The molecule has 31 heavy (non-hydrogen) atoms. The lowest BCUT2D eigenvalue weighted by molar-refractivity contribution is -0.163. The molecule has 4 nitrogen and oxygen atoms in total. The number of aryl methyl sites for hydroxylation is 1. The summed E-state index contributed by atoms with van der Waals surface area (Å²) in [5.41, 5.74) is 0.950. The number of Topliss-reactive ketones (excluding diaryl/α,β-unsaturated/α-hetero) is 1. The monoisotopic (exact) mass is 444 g/mol. The molecule has 0 aliphatic heterocycles. The summed E-state index contributed by atoms with van der Waals surface area (Å²) in [7, 11) is 0. The van der Waals surface area contributed by atoms with E-state index in [1.165, 1.54) is 6.08 Å². The van der Waals surface area contributed by atoms with Crippen LogP contribution in [0.15, 0.2) is 53.2 Å². The second-order valence-electron chi connectivity index (χ2n) is 8.12. The minimum Gasteiger partial charge on any atom is -0.478 e. The fourth-order valence-corrected chi connectivity index (χ4v) is 3.21. The van der Waals surface area contributed by atoms with Gasteiger partial charge in [0.2, 0.25) is 5.78 Å². The Balaban J connectivity index is 2.15. The number of carbonyl (C=O) groups excluding carboxylic acids is 2. The van der Waals surface area contributed by atoms with E-state index >= 15 is 0 Å². The Bertz CT molecular complexity index is 958. The van der Waals surface area contributed by atoms with E-state index in [-0.39, 0.29) is 0 Å². The molecule has 166 valence electrons. The molecule has 0 saturated carbocycles. The van der Waals surface area contributed by atoms with Crippen molar-refractivity contribution in [2.45, 2.75) is 57.6 Å². The fraction of sp³-hybridized carbons (Fsp3) is 0.360. The van der Waals surface area contributed by atoms with Crippen LogP contribution in [0, 0.1) is 6.92 Å². The lowest BCUT2D eigenvalue weighted by Crippen LogP contribution is -2.35. The van der Waals surface area contributed by atoms with Gasteiger partial charge < -0.3 is 9.47 Å². The van der Waals surface area contributed by atoms with Crippen LogP contribution in [-0.2, 0) is 9.53 Å². The van der Waals surface area contributed by atoms with Gasteiger partial charge in [-0.25, -0.2) is 9.18 Å². The largest absolute Gasteiger partial charge is 0.478 e. The number of allylic oxidation sites excluding steroid dienone is 1. The summed E-state index contributed by atoms with van der Waals surface area (Å²) in [5.74, 6) is -1.43. The van der Waals surface area contributed by atoms with Gasteiger partial charge in [-0.2, -0.15) is 0 Å². The average molecular weight is 445 g/mol. The SMILES string of the molecule is CCC(Oc1ccc(/C=C(\F)C(=O)c2ccc(SC)cc2)cc1C)C(=O)OC(C)(C)C. The second kappa shape index (κ2) is 10.6. The zero-order chi connectivity index (χ0) is 23.2. The van der Waals surface area contributed by atoms with Gasteiger partial charge in [0.15, 0.2) is 11.9 Å². The van der Waals surface area contributed by atoms with Gasteiger partial charge in [0.25, 0.3) is 0 Å². The normalized spacial score (nSPS) is 12.9. The molecule has 0 saturated heterocycles. The Kier molecular flexibility index (Phi) is 8.45. The first-order chi connectivity index (χ1) is 14.5. The van der Waals surface area contributed by atoms with Crippen molar-refractivity contribution in [3.63, 3.8) is 0 Å². The first-order valence-electron chi connectivity index (χ1n) is 10.1. The van der Waals surface area contributed by atoms with Crippen molar-refractivity contribution < 1.29 is 23.5 Å². The standard InChI is InChI=1S/C25H29FO4S/c1-7-21(24(28)30-25(3,4)5)29-22-13-8-17(14-16(22)2)15-20(26)23(27)18-9-11-19(31-6)12-10-18/h8-15,21H,7H2,1-6H3/b20-15-. The molecule has 0 aliphatic rings. The number of esters is 1. The van der Waals surface area contributed by atoms with E-state index in [1.54, 1.807) is 81.9 Å². The quantitative estimate of drug-likeness (QED) is 0.204. The average Bonchev–Trinajstić information content (AvgIpc) is 2.71. The van der Waals surface area contributed by atoms with Gasteiger partial charge in [-0.1, -0.05) is 13.0 Å². The van der Waals surface area contributed by atoms with Crippen molar-refractivity contribution in [1.82, 2.24) is 0 Å². The number of hydrogen-bond donors (Lipinski definition) is 0. The molecular formula is C25H29FO4S. The highest BCUT2D eigenvalue weighted by atomic mass is 32.2. The van der Waals surface area contributed by atoms with Crippen molar-refractivity contribution in [1.29, 1.82) is 0 Å². The molecule has 2 rings (SSSR count). The lowest BCUT2D eigenvalue weighted by atomic mass is 10.1. The molecule has 0 radical (unpaired) electrons. The highest BCUT2D eigenvalue weighted by Crippen LogP contribution is 2.25. The van der Waals surface area contributed by atoms with Crippen LogP contribution in [0.3, 0.4) is 0 Å². The molecule has 1 atom stereocenters. The van der Waals surface area contributed by atoms with Crippen molar-refractivity contribution in [2.24, 2.45) is 0 Å². The van der Waals surface area contributed by atoms with Crippen molar-refractivity contribution in [2.75, 3.05) is 6.26 Å². The Morgan fingerprint density at radius 1 is 1.13 bits per heavy atom. The smallest absolute Gasteiger partial charge is 0.347 e. The summed E-state index contributed by atoms with van der Waals surface area (Å²) in [4.78, 5) is 25.7. The number of halogens is 1. The van der Waals surface area contributed by atoms with Gasteiger partial charge in [0.05, 0.1) is 0 Å². The van der Waals surface area contributed by atoms with Crippen molar-refractivity contribution >= 4 is 29.6 Å².